The van der Waals surface area contributed by atoms with Crippen molar-refractivity contribution in [2.45, 2.75) is 25.3 Å². The van der Waals surface area contributed by atoms with Gasteiger partial charge in [0.05, 0.1) is 12.8 Å². The van der Waals surface area contributed by atoms with E-state index in [9.17, 15) is 13.2 Å². The molecule has 1 aliphatic rings. The molecule has 0 spiro atoms. The van der Waals surface area contributed by atoms with E-state index in [0.717, 1.165) is 16.8 Å². The van der Waals surface area contributed by atoms with Crippen molar-refractivity contribution in [2.75, 3.05) is 46.2 Å². The number of carbonyl (C=O) groups excluding carboxylic acids is 1. The van der Waals surface area contributed by atoms with E-state index in [1.165, 1.54) is 13.2 Å². The molecule has 0 saturated heterocycles. The summed E-state index contributed by atoms with van der Waals surface area (Å²) < 4.78 is 35.5. The maximum absolute atomic E-state index is 12.7. The summed E-state index contributed by atoms with van der Waals surface area (Å²) in [7, 11) is 1.42. The molecule has 3 N–H and O–H groups in total. The Morgan fingerprint density at radius 2 is 2.00 bits per heavy atom. The number of hydrogen-bond donors (Lipinski definition) is 3. The van der Waals surface area contributed by atoms with E-state index < -0.39 is 10.0 Å². The summed E-state index contributed by atoms with van der Waals surface area (Å²) in [6.45, 7) is 6.06. The number of ether oxygens (including phenoxy) is 1. The molecule has 0 atom stereocenters. The van der Waals surface area contributed by atoms with E-state index in [1.807, 2.05) is 37.4 Å². The van der Waals surface area contributed by atoms with Gasteiger partial charge in [0, 0.05) is 55.4 Å². The van der Waals surface area contributed by atoms with Gasteiger partial charge in [-0.2, -0.15) is 0 Å². The minimum Gasteiger partial charge on any atom is -0.495 e. The third-order valence-electron chi connectivity index (χ3n) is 6.07. The van der Waals surface area contributed by atoms with Crippen LogP contribution >= 0.6 is 0 Å². The maximum atomic E-state index is 12.7. The Hall–Kier alpha value is -3.48. The molecule has 3 aromatic rings. The highest BCUT2D eigenvalue weighted by Gasteiger charge is 2.27. The number of likely N-dealkylation sites (N-methyl/N-ethyl adjacent to an activating group) is 1. The summed E-state index contributed by atoms with van der Waals surface area (Å²) in [6, 6.07) is 6.52. The van der Waals surface area contributed by atoms with E-state index >= 15 is 0 Å². The Balaban J connectivity index is 1.60. The zero-order chi connectivity index (χ0) is 26.0. The highest BCUT2D eigenvalue weighted by Crippen LogP contribution is 2.33. The number of hydrogen-bond acceptors (Lipinski definition) is 8. The molecule has 2 aromatic heterocycles. The largest absolute Gasteiger partial charge is 0.495 e. The number of methoxy groups -OCH3 is 1. The quantitative estimate of drug-likeness (QED) is 0.396. The summed E-state index contributed by atoms with van der Waals surface area (Å²) in [5, 5.41) is 6.02. The van der Waals surface area contributed by atoms with Crippen molar-refractivity contribution in [2.24, 2.45) is 0 Å². The van der Waals surface area contributed by atoms with E-state index in [1.54, 1.807) is 24.4 Å². The monoisotopic (exact) mass is 513 g/mol. The summed E-state index contributed by atoms with van der Waals surface area (Å²) in [4.78, 5) is 23.3. The van der Waals surface area contributed by atoms with Crippen LogP contribution in [-0.4, -0.2) is 74.6 Å². The molecule has 4 rings (SSSR count). The number of nitrogens with one attached hydrogen (secondary N) is 3. The third-order valence-corrected chi connectivity index (χ3v) is 7.58. The summed E-state index contributed by atoms with van der Waals surface area (Å²) >= 11 is 0. The first-order chi connectivity index (χ1) is 17.1. The molecule has 0 radical (unpaired) electrons. The molecule has 0 saturated carbocycles. The van der Waals surface area contributed by atoms with Crippen LogP contribution < -0.4 is 20.1 Å². The Labute approximate surface area is 210 Å². The number of aromatic nitrogens is 3. The van der Waals surface area contributed by atoms with Crippen molar-refractivity contribution in [1.29, 1.82) is 0 Å². The molecule has 192 valence electrons. The lowest BCUT2D eigenvalue weighted by atomic mass is 10.1. The summed E-state index contributed by atoms with van der Waals surface area (Å²) in [5.41, 5.74) is 4.65. The summed E-state index contributed by atoms with van der Waals surface area (Å²) in [6.07, 6.45) is 1.64. The lowest BCUT2D eigenvalue weighted by molar-refractivity contribution is 0.0926. The van der Waals surface area contributed by atoms with Crippen molar-refractivity contribution in [3.05, 3.63) is 47.4 Å². The standard InChI is InChI=1S/C24H31N7O4S/c1-15-21(16(2)31-13-10-25-23(32)22(15)31)18-8-9-26-24(29-18)28-17-6-7-20(19(14-17)35-5)36(33,34)27-11-12-30(3)4/h6-9,14,27H,10-13H2,1-5H3,(H,25,32)(H,26,28,29). The first-order valence-electron chi connectivity index (χ1n) is 11.5. The highest BCUT2D eigenvalue weighted by atomic mass is 32.2. The zero-order valence-electron chi connectivity index (χ0n) is 21.0. The van der Waals surface area contributed by atoms with Crippen molar-refractivity contribution in [3.8, 4) is 17.0 Å². The number of fused-ring (bicyclic) bond motifs is 1. The second-order valence-corrected chi connectivity index (χ2v) is 10.5. The zero-order valence-corrected chi connectivity index (χ0v) is 21.9. The number of sulfonamides is 1. The van der Waals surface area contributed by atoms with Gasteiger partial charge >= 0.3 is 0 Å². The summed E-state index contributed by atoms with van der Waals surface area (Å²) in [5.74, 6) is 0.451. The van der Waals surface area contributed by atoms with Crippen molar-refractivity contribution in [1.82, 2.24) is 29.5 Å². The van der Waals surface area contributed by atoms with Crippen LogP contribution in [0.25, 0.3) is 11.3 Å². The van der Waals surface area contributed by atoms with Gasteiger partial charge in [-0.15, -0.1) is 0 Å². The lowest BCUT2D eigenvalue weighted by Gasteiger charge is -2.17. The molecule has 12 heteroatoms. The molecule has 1 aliphatic heterocycles. The van der Waals surface area contributed by atoms with Crippen molar-refractivity contribution in [3.63, 3.8) is 0 Å². The predicted octanol–water partition coefficient (Wildman–Crippen LogP) is 1.90. The van der Waals surface area contributed by atoms with E-state index in [-0.39, 0.29) is 23.1 Å². The van der Waals surface area contributed by atoms with Crippen LogP contribution in [-0.2, 0) is 16.6 Å². The topological polar surface area (TPSA) is 130 Å². The maximum Gasteiger partial charge on any atom is 0.268 e. The minimum atomic E-state index is -3.74. The highest BCUT2D eigenvalue weighted by molar-refractivity contribution is 7.89. The van der Waals surface area contributed by atoms with Gasteiger partial charge in [-0.3, -0.25) is 4.79 Å². The first-order valence-corrected chi connectivity index (χ1v) is 13.0. The van der Waals surface area contributed by atoms with Gasteiger partial charge in [-0.1, -0.05) is 0 Å². The average Bonchev–Trinajstić information content (AvgIpc) is 3.09. The number of benzene rings is 1. The van der Waals surface area contributed by atoms with Gasteiger partial charge in [0.2, 0.25) is 16.0 Å². The van der Waals surface area contributed by atoms with Gasteiger partial charge in [0.25, 0.3) is 5.91 Å². The smallest absolute Gasteiger partial charge is 0.268 e. The van der Waals surface area contributed by atoms with Crippen LogP contribution in [0.5, 0.6) is 5.75 Å². The van der Waals surface area contributed by atoms with E-state index in [2.05, 4.69) is 25.3 Å². The van der Waals surface area contributed by atoms with Crippen LogP contribution in [0.15, 0.2) is 35.4 Å². The molecule has 1 amide bonds. The number of carbonyl (C=O) groups is 1. The van der Waals surface area contributed by atoms with Crippen LogP contribution in [0.1, 0.15) is 21.7 Å². The molecule has 1 aromatic carbocycles. The van der Waals surface area contributed by atoms with Gasteiger partial charge in [-0.05, 0) is 51.7 Å². The Kier molecular flexibility index (Phi) is 7.29. The molecule has 0 aliphatic carbocycles. The van der Waals surface area contributed by atoms with E-state index in [4.69, 9.17) is 4.74 Å². The fourth-order valence-electron chi connectivity index (χ4n) is 4.35. The van der Waals surface area contributed by atoms with Crippen LogP contribution in [0, 0.1) is 13.8 Å². The number of anilines is 2. The molecule has 11 nitrogen and oxygen atoms in total. The predicted molar refractivity (Wildman–Crippen MR) is 137 cm³/mol. The Morgan fingerprint density at radius 1 is 1.22 bits per heavy atom. The average molecular weight is 514 g/mol. The van der Waals surface area contributed by atoms with Crippen LogP contribution in [0.4, 0.5) is 11.6 Å². The Morgan fingerprint density at radius 3 is 2.69 bits per heavy atom. The van der Waals surface area contributed by atoms with Gasteiger partial charge in [0.1, 0.15) is 16.3 Å². The second-order valence-electron chi connectivity index (χ2n) is 8.80. The van der Waals surface area contributed by atoms with Gasteiger partial charge < -0.3 is 24.8 Å². The minimum absolute atomic E-state index is 0.0490. The molecule has 36 heavy (non-hydrogen) atoms. The molecule has 3 heterocycles. The molecular weight excluding hydrogens is 482 g/mol. The third kappa shape index (κ3) is 5.06. The molecule has 0 fully saturated rings. The number of amides is 1. The molecular formula is C24H31N7O4S. The van der Waals surface area contributed by atoms with Crippen molar-refractivity contribution < 1.29 is 17.9 Å². The first kappa shape index (κ1) is 25.6. The van der Waals surface area contributed by atoms with Gasteiger partial charge in [0.15, 0.2) is 0 Å². The lowest BCUT2D eigenvalue weighted by Crippen LogP contribution is -2.35. The van der Waals surface area contributed by atoms with Crippen LogP contribution in [0.3, 0.4) is 0 Å². The molecule has 0 bridgehead atoms. The fourth-order valence-corrected chi connectivity index (χ4v) is 5.52. The number of rotatable bonds is 9. The van der Waals surface area contributed by atoms with Crippen molar-refractivity contribution >= 4 is 27.6 Å². The fraction of sp³-hybridized carbons (Fsp3) is 0.375. The molecule has 0 unspecified atom stereocenters. The normalized spacial score (nSPS) is 13.4. The van der Waals surface area contributed by atoms with Crippen LogP contribution in [0.2, 0.25) is 0 Å². The number of nitrogens with zero attached hydrogens (tertiary/aromatic N) is 4. The SMILES string of the molecule is COc1cc(Nc2nccc(-c3c(C)c4n(c3C)CCNC4=O)n2)ccc1S(=O)(=O)NCCN(C)C. The Bertz CT molecular complexity index is 1400. The van der Waals surface area contributed by atoms with Gasteiger partial charge in [-0.25, -0.2) is 23.1 Å². The second kappa shape index (κ2) is 10.2. The van der Waals surface area contributed by atoms with E-state index in [0.29, 0.717) is 42.7 Å².